The van der Waals surface area contributed by atoms with Crippen LogP contribution in [0.15, 0.2) is 28.1 Å². The van der Waals surface area contributed by atoms with Crippen molar-refractivity contribution in [2.45, 2.75) is 37.6 Å². The normalized spacial score (nSPS) is 23.3. The average Bonchev–Trinajstić information content (AvgIpc) is 3.38. The highest BCUT2D eigenvalue weighted by atomic mass is 32.1. The number of hydrogen-bond acceptors (Lipinski definition) is 9. The van der Waals surface area contributed by atoms with Crippen molar-refractivity contribution in [3.63, 3.8) is 0 Å². The number of piperidine rings is 1. The SMILES string of the molecule is CC(O)C(F)(F)Oc1ccc(-c2nccs2)c2oc(N3CC4CC(C3)N4O)nc12. The zero-order valence-corrected chi connectivity index (χ0v) is 16.1. The number of aromatic nitrogens is 2. The molecule has 1 aromatic carbocycles. The molecule has 0 amide bonds. The highest BCUT2D eigenvalue weighted by Crippen LogP contribution is 2.41. The second kappa shape index (κ2) is 6.59. The fourth-order valence-electron chi connectivity index (χ4n) is 3.69. The van der Waals surface area contributed by atoms with Gasteiger partial charge in [0.25, 0.3) is 6.01 Å². The quantitative estimate of drug-likeness (QED) is 0.646. The Morgan fingerprint density at radius 3 is 2.72 bits per heavy atom. The average molecular weight is 424 g/mol. The van der Waals surface area contributed by atoms with Crippen LogP contribution in [-0.2, 0) is 0 Å². The number of alkyl halides is 2. The first kappa shape index (κ1) is 18.7. The molecule has 5 heterocycles. The molecule has 3 aromatic rings. The molecule has 6 rings (SSSR count). The minimum Gasteiger partial charge on any atom is -0.428 e. The highest BCUT2D eigenvalue weighted by Gasteiger charge is 2.45. The first-order valence-corrected chi connectivity index (χ1v) is 10.0. The Bertz CT molecular complexity index is 1030. The Kier molecular flexibility index (Phi) is 4.24. The van der Waals surface area contributed by atoms with Crippen molar-refractivity contribution in [2.24, 2.45) is 0 Å². The molecule has 3 aliphatic rings. The molecule has 3 saturated heterocycles. The third-order valence-electron chi connectivity index (χ3n) is 5.32. The summed E-state index contributed by atoms with van der Waals surface area (Å²) in [5.41, 5.74) is 1.04. The Hall–Kier alpha value is -2.34. The van der Waals surface area contributed by atoms with E-state index in [-0.39, 0.29) is 34.9 Å². The molecule has 11 heteroatoms. The van der Waals surface area contributed by atoms with Gasteiger partial charge in [0.15, 0.2) is 23.0 Å². The number of anilines is 1. The summed E-state index contributed by atoms with van der Waals surface area (Å²) in [5, 5.41) is 23.0. The van der Waals surface area contributed by atoms with Gasteiger partial charge in [0.1, 0.15) is 5.01 Å². The number of ether oxygens (including phenoxy) is 1. The summed E-state index contributed by atoms with van der Waals surface area (Å²) in [6.45, 7) is 1.99. The van der Waals surface area contributed by atoms with Gasteiger partial charge in [-0.05, 0) is 25.5 Å². The summed E-state index contributed by atoms with van der Waals surface area (Å²) < 4.78 is 38.8. The van der Waals surface area contributed by atoms with Gasteiger partial charge in [-0.15, -0.1) is 11.3 Å². The lowest BCUT2D eigenvalue weighted by atomic mass is 9.91. The number of aliphatic hydroxyl groups excluding tert-OH is 1. The third-order valence-corrected chi connectivity index (χ3v) is 6.12. The second-order valence-electron chi connectivity index (χ2n) is 7.29. The van der Waals surface area contributed by atoms with Crippen LogP contribution in [0, 0.1) is 0 Å². The highest BCUT2D eigenvalue weighted by molar-refractivity contribution is 7.13. The van der Waals surface area contributed by atoms with Gasteiger partial charge in [-0.1, -0.05) is 0 Å². The van der Waals surface area contributed by atoms with Crippen LogP contribution in [-0.4, -0.2) is 62.7 Å². The van der Waals surface area contributed by atoms with Crippen molar-refractivity contribution < 1.29 is 28.2 Å². The number of halogens is 2. The Morgan fingerprint density at radius 2 is 2.10 bits per heavy atom. The topological polar surface area (TPSA) is 95.1 Å². The fraction of sp³-hybridized carbons (Fsp3) is 0.444. The molecule has 2 bridgehead atoms. The minimum atomic E-state index is -3.78. The van der Waals surface area contributed by atoms with Crippen molar-refractivity contribution in [3.05, 3.63) is 23.7 Å². The maximum absolute atomic E-state index is 14.0. The van der Waals surface area contributed by atoms with Crippen molar-refractivity contribution in [3.8, 4) is 16.3 Å². The molecule has 3 aliphatic heterocycles. The molecule has 3 unspecified atom stereocenters. The van der Waals surface area contributed by atoms with Crippen LogP contribution in [0.5, 0.6) is 5.75 Å². The van der Waals surface area contributed by atoms with Crippen molar-refractivity contribution >= 4 is 28.5 Å². The van der Waals surface area contributed by atoms with E-state index in [1.165, 1.54) is 22.5 Å². The number of thiazole rings is 1. The molecule has 0 aliphatic carbocycles. The van der Waals surface area contributed by atoms with E-state index in [0.29, 0.717) is 23.7 Å². The third kappa shape index (κ3) is 3.05. The number of hydrogen-bond donors (Lipinski definition) is 2. The van der Waals surface area contributed by atoms with E-state index in [0.717, 1.165) is 13.3 Å². The molecule has 3 fully saturated rings. The predicted molar refractivity (Wildman–Crippen MR) is 100 cm³/mol. The molecule has 0 radical (unpaired) electrons. The van der Waals surface area contributed by atoms with Crippen LogP contribution >= 0.6 is 11.3 Å². The van der Waals surface area contributed by atoms with E-state index < -0.39 is 12.2 Å². The number of aliphatic hydroxyl groups is 1. The Balaban J connectivity index is 1.58. The molecular weight excluding hydrogens is 406 g/mol. The van der Waals surface area contributed by atoms with Gasteiger partial charge in [0, 0.05) is 24.7 Å². The van der Waals surface area contributed by atoms with E-state index in [4.69, 9.17) is 9.15 Å². The first-order valence-electron chi connectivity index (χ1n) is 9.14. The van der Waals surface area contributed by atoms with E-state index in [9.17, 15) is 19.1 Å². The number of benzene rings is 1. The van der Waals surface area contributed by atoms with Gasteiger partial charge in [-0.3, -0.25) is 0 Å². The number of oxazole rings is 1. The number of fused-ring (bicyclic) bond motifs is 3. The summed E-state index contributed by atoms with van der Waals surface area (Å²) in [7, 11) is 0. The van der Waals surface area contributed by atoms with Crippen LogP contribution < -0.4 is 9.64 Å². The van der Waals surface area contributed by atoms with E-state index in [1.807, 2.05) is 4.90 Å². The summed E-state index contributed by atoms with van der Waals surface area (Å²) in [5.74, 6) is -0.188. The molecule has 154 valence electrons. The Morgan fingerprint density at radius 1 is 1.34 bits per heavy atom. The number of rotatable bonds is 5. The number of hydroxylamine groups is 2. The van der Waals surface area contributed by atoms with Gasteiger partial charge in [-0.2, -0.15) is 18.8 Å². The lowest BCUT2D eigenvalue weighted by Gasteiger charge is -2.52. The summed E-state index contributed by atoms with van der Waals surface area (Å²) >= 11 is 1.39. The maximum Gasteiger partial charge on any atom is 0.424 e. The summed E-state index contributed by atoms with van der Waals surface area (Å²) in [6, 6.07) is 3.24. The minimum absolute atomic E-state index is 0.00233. The van der Waals surface area contributed by atoms with Crippen molar-refractivity contribution in [2.75, 3.05) is 18.0 Å². The molecule has 3 atom stereocenters. The fourth-order valence-corrected chi connectivity index (χ4v) is 4.35. The van der Waals surface area contributed by atoms with Crippen LogP contribution in [0.3, 0.4) is 0 Å². The van der Waals surface area contributed by atoms with Crippen LogP contribution in [0.25, 0.3) is 21.7 Å². The molecule has 2 aromatic heterocycles. The molecule has 0 spiro atoms. The van der Waals surface area contributed by atoms with Crippen molar-refractivity contribution in [1.82, 2.24) is 15.0 Å². The first-order chi connectivity index (χ1) is 13.8. The summed E-state index contributed by atoms with van der Waals surface area (Å²) in [4.78, 5) is 10.6. The second-order valence-corrected chi connectivity index (χ2v) is 8.19. The van der Waals surface area contributed by atoms with E-state index in [2.05, 4.69) is 9.97 Å². The van der Waals surface area contributed by atoms with Gasteiger partial charge in [0.05, 0.1) is 17.6 Å². The van der Waals surface area contributed by atoms with Crippen molar-refractivity contribution in [1.29, 1.82) is 0 Å². The lowest BCUT2D eigenvalue weighted by Crippen LogP contribution is -2.67. The molecule has 2 N–H and O–H groups in total. The Labute approximate surface area is 167 Å². The zero-order chi connectivity index (χ0) is 20.3. The smallest absolute Gasteiger partial charge is 0.424 e. The lowest BCUT2D eigenvalue weighted by molar-refractivity contribution is -0.233. The molecule has 29 heavy (non-hydrogen) atoms. The standard InChI is InChI=1S/C18H18F2N4O4S/c1-9(25)18(19,20)28-13-3-2-12(16-21-4-5-29-16)15-14(13)22-17(27-15)23-7-10-6-11(8-23)24(10)26/h2-5,9-11,25-26H,6-8H2,1H3. The molecule has 0 saturated carbocycles. The van der Waals surface area contributed by atoms with Gasteiger partial charge in [-0.25, -0.2) is 4.98 Å². The van der Waals surface area contributed by atoms with E-state index in [1.54, 1.807) is 17.6 Å². The predicted octanol–water partition coefficient (Wildman–Crippen LogP) is 2.96. The van der Waals surface area contributed by atoms with Crippen LogP contribution in [0.2, 0.25) is 0 Å². The largest absolute Gasteiger partial charge is 0.428 e. The molecular formula is C18H18F2N4O4S. The van der Waals surface area contributed by atoms with Gasteiger partial charge < -0.3 is 24.4 Å². The van der Waals surface area contributed by atoms with Crippen LogP contribution in [0.4, 0.5) is 14.8 Å². The maximum atomic E-state index is 14.0. The zero-order valence-electron chi connectivity index (χ0n) is 15.3. The summed E-state index contributed by atoms with van der Waals surface area (Å²) in [6.07, 6.45) is -3.23. The van der Waals surface area contributed by atoms with Crippen LogP contribution in [0.1, 0.15) is 13.3 Å². The monoisotopic (exact) mass is 424 g/mol. The van der Waals surface area contributed by atoms with E-state index >= 15 is 0 Å². The molecule has 8 nitrogen and oxygen atoms in total. The number of piperazine rings is 1. The van der Waals surface area contributed by atoms with Gasteiger partial charge >= 0.3 is 6.11 Å². The number of nitrogens with zero attached hydrogens (tertiary/aromatic N) is 4. The van der Waals surface area contributed by atoms with Gasteiger partial charge in [0.2, 0.25) is 0 Å².